The molecule has 0 N–H and O–H groups in total. The van der Waals surface area contributed by atoms with Crippen LogP contribution in [0.3, 0.4) is 0 Å². The maximum atomic E-state index is 4.72. The highest BCUT2D eigenvalue weighted by Crippen LogP contribution is 2.35. The molecular formula is C34H28N4. The first kappa shape index (κ1) is 22.5. The molecule has 6 aromatic rings. The van der Waals surface area contributed by atoms with Crippen LogP contribution in [0.2, 0.25) is 0 Å². The molecule has 0 amide bonds. The van der Waals surface area contributed by atoms with Crippen molar-refractivity contribution in [3.8, 4) is 34.2 Å². The molecule has 0 fully saturated rings. The Balaban J connectivity index is 1.39. The lowest BCUT2D eigenvalue weighted by Crippen LogP contribution is -2.04. The van der Waals surface area contributed by atoms with E-state index in [1.807, 2.05) is 18.2 Å². The van der Waals surface area contributed by atoms with Gasteiger partial charge in [0.25, 0.3) is 0 Å². The number of hydrogen-bond acceptors (Lipinski definition) is 2. The Bertz CT molecular complexity index is 1820. The smallest absolute Gasteiger partial charge is 0.168 e. The minimum Gasteiger partial charge on any atom is -0.310 e. The quantitative estimate of drug-likeness (QED) is 0.249. The summed E-state index contributed by atoms with van der Waals surface area (Å²) in [6.07, 6.45) is 6.73. The van der Waals surface area contributed by atoms with Crippen LogP contribution < -0.4 is 0 Å². The van der Waals surface area contributed by atoms with Gasteiger partial charge in [-0.2, -0.15) is 0 Å². The van der Waals surface area contributed by atoms with Crippen LogP contribution in [-0.2, 0) is 6.42 Å². The van der Waals surface area contributed by atoms with Crippen molar-refractivity contribution in [1.82, 2.24) is 19.3 Å². The predicted molar refractivity (Wildman–Crippen MR) is 156 cm³/mol. The number of benzene rings is 4. The molecule has 7 rings (SSSR count). The first-order chi connectivity index (χ1) is 18.7. The second-order valence-electron chi connectivity index (χ2n) is 9.97. The fourth-order valence-electron chi connectivity index (χ4n) is 5.68. The van der Waals surface area contributed by atoms with Gasteiger partial charge in [-0.3, -0.25) is 4.57 Å². The summed E-state index contributed by atoms with van der Waals surface area (Å²) >= 11 is 0. The van der Waals surface area contributed by atoms with Gasteiger partial charge in [-0.25, -0.2) is 0 Å². The Morgan fingerprint density at radius 3 is 2.16 bits per heavy atom. The summed E-state index contributed by atoms with van der Waals surface area (Å²) in [5, 5.41) is 10.7. The molecule has 4 nitrogen and oxygen atoms in total. The lowest BCUT2D eigenvalue weighted by molar-refractivity contribution is 0.967. The van der Waals surface area contributed by atoms with Gasteiger partial charge in [0, 0.05) is 27.9 Å². The van der Waals surface area contributed by atoms with E-state index in [1.54, 1.807) is 0 Å². The Morgan fingerprint density at radius 2 is 1.37 bits per heavy atom. The zero-order valence-electron chi connectivity index (χ0n) is 21.6. The molecule has 0 spiro atoms. The average Bonchev–Trinajstić information content (AvgIpc) is 3.55. The van der Waals surface area contributed by atoms with E-state index < -0.39 is 0 Å². The minimum atomic E-state index is 0.836. The van der Waals surface area contributed by atoms with Crippen LogP contribution in [0.4, 0.5) is 0 Å². The van der Waals surface area contributed by atoms with Crippen molar-refractivity contribution in [2.24, 2.45) is 0 Å². The van der Waals surface area contributed by atoms with Gasteiger partial charge in [-0.15, -0.1) is 10.2 Å². The van der Waals surface area contributed by atoms with Crippen LogP contribution in [0.1, 0.15) is 28.8 Å². The number of aromatic nitrogens is 4. The Hall–Kier alpha value is -4.70. The summed E-state index contributed by atoms with van der Waals surface area (Å²) < 4.78 is 4.58. The molecule has 1 aliphatic carbocycles. The zero-order valence-corrected chi connectivity index (χ0v) is 21.6. The fraction of sp³-hybridized carbons (Fsp3) is 0.118. The first-order valence-corrected chi connectivity index (χ1v) is 13.2. The van der Waals surface area contributed by atoms with Crippen molar-refractivity contribution in [1.29, 1.82) is 0 Å². The van der Waals surface area contributed by atoms with E-state index in [9.17, 15) is 0 Å². The van der Waals surface area contributed by atoms with Crippen molar-refractivity contribution < 1.29 is 0 Å². The first-order valence-electron chi connectivity index (χ1n) is 13.2. The average molecular weight is 493 g/mol. The summed E-state index contributed by atoms with van der Waals surface area (Å²) in [6, 6.07) is 34.2. The third-order valence-corrected chi connectivity index (χ3v) is 7.75. The van der Waals surface area contributed by atoms with Gasteiger partial charge in [-0.1, -0.05) is 66.7 Å². The van der Waals surface area contributed by atoms with Gasteiger partial charge >= 0.3 is 0 Å². The predicted octanol–water partition coefficient (Wildman–Crippen LogP) is 8.12. The Kier molecular flexibility index (Phi) is 5.33. The third-order valence-electron chi connectivity index (χ3n) is 7.75. The normalized spacial score (nSPS) is 12.7. The van der Waals surface area contributed by atoms with E-state index in [0.29, 0.717) is 0 Å². The van der Waals surface area contributed by atoms with Gasteiger partial charge in [0.15, 0.2) is 11.6 Å². The number of hydrogen-bond donors (Lipinski definition) is 0. The lowest BCUT2D eigenvalue weighted by Gasteiger charge is -2.16. The summed E-state index contributed by atoms with van der Waals surface area (Å²) in [4.78, 5) is 0. The van der Waals surface area contributed by atoms with Crippen LogP contribution in [0.25, 0.3) is 51.1 Å². The summed E-state index contributed by atoms with van der Waals surface area (Å²) in [5.41, 5.74) is 10.8. The van der Waals surface area contributed by atoms with Crippen LogP contribution in [-0.4, -0.2) is 19.3 Å². The maximum absolute atomic E-state index is 4.72. The largest absolute Gasteiger partial charge is 0.310 e. The molecule has 0 bridgehead atoms. The molecule has 0 saturated heterocycles. The van der Waals surface area contributed by atoms with Gasteiger partial charge in [-0.05, 0) is 85.9 Å². The van der Waals surface area contributed by atoms with E-state index in [0.717, 1.165) is 47.0 Å². The van der Waals surface area contributed by atoms with Crippen molar-refractivity contribution in [3.63, 3.8) is 0 Å². The van der Waals surface area contributed by atoms with Gasteiger partial charge < -0.3 is 4.57 Å². The molecule has 4 heteroatoms. The topological polar surface area (TPSA) is 35.6 Å². The highest BCUT2D eigenvalue weighted by molar-refractivity contribution is 5.90. The second kappa shape index (κ2) is 9.00. The van der Waals surface area contributed by atoms with Crippen molar-refractivity contribution in [2.75, 3.05) is 0 Å². The van der Waals surface area contributed by atoms with Crippen LogP contribution in [0.15, 0.2) is 103 Å². The van der Waals surface area contributed by atoms with Crippen molar-refractivity contribution in [3.05, 3.63) is 126 Å². The fourth-order valence-corrected chi connectivity index (χ4v) is 5.68. The molecule has 1 aliphatic rings. The highest BCUT2D eigenvalue weighted by atomic mass is 15.3. The highest BCUT2D eigenvalue weighted by Gasteiger charge is 2.21. The second-order valence-corrected chi connectivity index (χ2v) is 9.97. The molecule has 2 aromatic heterocycles. The van der Waals surface area contributed by atoms with Crippen LogP contribution in [0.5, 0.6) is 0 Å². The van der Waals surface area contributed by atoms with Gasteiger partial charge in [0.2, 0.25) is 0 Å². The molecule has 0 radical (unpaired) electrons. The number of rotatable bonds is 4. The zero-order chi connectivity index (χ0) is 25.6. The molecule has 0 saturated carbocycles. The number of nitrogens with zero attached hydrogens (tertiary/aromatic N) is 4. The molecule has 184 valence electrons. The standard InChI is InChI=1S/C34H28N4/c1-23-11-10-18-30(24(23)2)38-33(25-12-4-3-5-13-25)35-36-34(38)26-19-21-27(22-20-26)37-31-16-8-6-14-28(31)29-15-7-9-17-32(29)37/h3-6,8-14,16-22H,7,15H2,1-2H3. The monoisotopic (exact) mass is 492 g/mol. The number of para-hydroxylation sites is 1. The van der Waals surface area contributed by atoms with Crippen molar-refractivity contribution in [2.45, 2.75) is 26.7 Å². The van der Waals surface area contributed by atoms with Crippen LogP contribution >= 0.6 is 0 Å². The van der Waals surface area contributed by atoms with Gasteiger partial charge in [0.1, 0.15) is 0 Å². The molecular weight excluding hydrogens is 464 g/mol. The SMILES string of the molecule is Cc1cccc(-n2c(-c3ccccc3)nnc2-c2ccc(-n3c4c(c5ccccc53)CCC=C4)cc2)c1C. The van der Waals surface area contributed by atoms with E-state index in [2.05, 4.69) is 119 Å². The minimum absolute atomic E-state index is 0.836. The molecule has 38 heavy (non-hydrogen) atoms. The van der Waals surface area contributed by atoms with E-state index >= 15 is 0 Å². The van der Waals surface area contributed by atoms with E-state index in [4.69, 9.17) is 5.10 Å². The summed E-state index contributed by atoms with van der Waals surface area (Å²) in [5.74, 6) is 1.68. The Labute approximate surface area is 222 Å². The molecule has 4 aromatic carbocycles. The lowest BCUT2D eigenvalue weighted by atomic mass is 10.0. The maximum Gasteiger partial charge on any atom is 0.168 e. The third kappa shape index (κ3) is 3.52. The summed E-state index contributed by atoms with van der Waals surface area (Å²) in [6.45, 7) is 4.32. The van der Waals surface area contributed by atoms with E-state index in [-0.39, 0.29) is 0 Å². The molecule has 0 aliphatic heterocycles. The van der Waals surface area contributed by atoms with Gasteiger partial charge in [0.05, 0.1) is 11.2 Å². The molecule has 0 unspecified atom stereocenters. The van der Waals surface area contributed by atoms with E-state index in [1.165, 1.54) is 33.3 Å². The molecule has 2 heterocycles. The molecule has 0 atom stereocenters. The number of allylic oxidation sites excluding steroid dienone is 1. The van der Waals surface area contributed by atoms with Crippen LogP contribution in [0, 0.1) is 13.8 Å². The summed E-state index contributed by atoms with van der Waals surface area (Å²) in [7, 11) is 0. The van der Waals surface area contributed by atoms with Crippen molar-refractivity contribution >= 4 is 17.0 Å². The number of fused-ring (bicyclic) bond motifs is 3. The Morgan fingerprint density at radius 1 is 0.658 bits per heavy atom. The number of aryl methyl sites for hydroxylation is 2.